The van der Waals surface area contributed by atoms with E-state index in [1.807, 2.05) is 84.0 Å². The van der Waals surface area contributed by atoms with Crippen LogP contribution >= 0.6 is 11.3 Å². The van der Waals surface area contributed by atoms with Crippen molar-refractivity contribution in [3.8, 4) is 0 Å². The van der Waals surface area contributed by atoms with Crippen LogP contribution in [-0.2, 0) is 46.5 Å². The van der Waals surface area contributed by atoms with Gasteiger partial charge in [-0.1, -0.05) is 97.4 Å². The number of aromatic nitrogens is 1. The van der Waals surface area contributed by atoms with E-state index in [0.29, 0.717) is 41.0 Å². The minimum atomic E-state index is -0.963. The van der Waals surface area contributed by atoms with Crippen LogP contribution in [0.15, 0.2) is 60.0 Å². The molecular formula is C53H79N8O9S+. The number of nitrogens with zero attached hydrogens (tertiary/aromatic N) is 3. The second-order valence-electron chi connectivity index (χ2n) is 20.4. The number of ether oxygens (including phenoxy) is 1. The number of rotatable bonds is 25. The number of amides is 5. The van der Waals surface area contributed by atoms with Crippen LogP contribution in [0.25, 0.3) is 0 Å². The number of esters is 1. The van der Waals surface area contributed by atoms with Crippen molar-refractivity contribution >= 4 is 58.5 Å². The molecule has 0 spiro atoms. The fraction of sp³-hybridized carbons (Fsp3) is 0.585. The third kappa shape index (κ3) is 16.7. The van der Waals surface area contributed by atoms with Gasteiger partial charge in [-0.2, -0.15) is 0 Å². The summed E-state index contributed by atoms with van der Waals surface area (Å²) in [7, 11) is 3.77. The van der Waals surface area contributed by atoms with Crippen molar-refractivity contribution in [2.45, 2.75) is 156 Å². The number of nitrogens with one attached hydrogen (secondary N) is 4. The number of carboxylic acid groups (broad SMARTS) is 1. The molecule has 71 heavy (non-hydrogen) atoms. The Morgan fingerprint density at radius 3 is 2.13 bits per heavy atom. The predicted octanol–water partition coefficient (Wildman–Crippen LogP) is 6.23. The zero-order chi connectivity index (χ0) is 52.7. The Labute approximate surface area is 424 Å². The molecule has 3 aromatic rings. The number of likely N-dealkylation sites (tertiary alicyclic amines) is 1. The van der Waals surface area contributed by atoms with Gasteiger partial charge in [0.05, 0.1) is 25.6 Å². The summed E-state index contributed by atoms with van der Waals surface area (Å²) in [5, 5.41) is 23.3. The summed E-state index contributed by atoms with van der Waals surface area (Å²) in [4.78, 5) is 98.9. The number of aliphatic carboxylic acids is 1. The molecule has 10 atom stereocenters. The summed E-state index contributed by atoms with van der Waals surface area (Å²) < 4.78 is 6.28. The topological polar surface area (TPSA) is 239 Å². The number of hydrogen-bond acceptors (Lipinski definition) is 11. The van der Waals surface area contributed by atoms with E-state index in [1.54, 1.807) is 43.3 Å². The van der Waals surface area contributed by atoms with Crippen LogP contribution in [0.5, 0.6) is 0 Å². The van der Waals surface area contributed by atoms with E-state index in [1.165, 1.54) is 6.92 Å². The van der Waals surface area contributed by atoms with E-state index >= 15 is 0 Å². The largest absolute Gasteiger partial charge is 0.481 e. The first kappa shape index (κ1) is 57.9. The maximum absolute atomic E-state index is 14.7. The van der Waals surface area contributed by atoms with Gasteiger partial charge in [0.15, 0.2) is 12.1 Å². The maximum atomic E-state index is 14.7. The molecule has 5 amide bonds. The van der Waals surface area contributed by atoms with Crippen molar-refractivity contribution in [3.05, 3.63) is 81.8 Å². The number of benzene rings is 2. The molecule has 4 rings (SSSR count). The van der Waals surface area contributed by atoms with Crippen LogP contribution in [0.1, 0.15) is 134 Å². The SMILES string of the molecule is CC[C@H](C)[C@H](NC(=O)[C@H]1CCCC[N+]1(C)Cc1ccc(NC(=O)[C@H](C)NC(=O)[C@@H](N)C(C)C)cc1)C(=O)N(C)[C@H](C[C@@H](OC(C)=O)c1nc(C(=O)N[C@@H](Cc2ccccc2)C[C@H](C)C(=O)O)cs1)C(C)C. The molecule has 0 bridgehead atoms. The summed E-state index contributed by atoms with van der Waals surface area (Å²) in [6, 6.07) is 13.2. The minimum absolute atomic E-state index is 0.0753. The molecule has 1 aliphatic rings. The average molecular weight is 1000 g/mol. The lowest BCUT2D eigenvalue weighted by molar-refractivity contribution is -0.942. The molecular weight excluding hydrogens is 925 g/mol. The molecule has 17 nitrogen and oxygen atoms in total. The molecule has 7 N–H and O–H groups in total. The molecule has 2 aromatic carbocycles. The number of likely N-dealkylation sites (N-methyl/N-ethyl adjacent to an activating group) is 2. The van der Waals surface area contributed by atoms with E-state index in [0.717, 1.165) is 41.9 Å². The van der Waals surface area contributed by atoms with Crippen LogP contribution < -0.4 is 27.0 Å². The maximum Gasteiger partial charge on any atom is 0.306 e. The highest BCUT2D eigenvalue weighted by Gasteiger charge is 2.43. The van der Waals surface area contributed by atoms with Crippen molar-refractivity contribution in [3.63, 3.8) is 0 Å². The molecule has 1 aromatic heterocycles. The van der Waals surface area contributed by atoms with Gasteiger partial charge in [0.25, 0.3) is 11.8 Å². The van der Waals surface area contributed by atoms with Crippen molar-refractivity contribution < 1.29 is 47.9 Å². The summed E-state index contributed by atoms with van der Waals surface area (Å²) >= 11 is 1.16. The fourth-order valence-electron chi connectivity index (χ4n) is 9.15. The fourth-order valence-corrected chi connectivity index (χ4v) is 9.99. The van der Waals surface area contributed by atoms with Crippen LogP contribution in [-0.4, -0.2) is 118 Å². The minimum Gasteiger partial charge on any atom is -0.481 e. The molecule has 0 aliphatic carbocycles. The highest BCUT2D eigenvalue weighted by molar-refractivity contribution is 7.09. The van der Waals surface area contributed by atoms with Gasteiger partial charge >= 0.3 is 11.9 Å². The second-order valence-corrected chi connectivity index (χ2v) is 21.3. The summed E-state index contributed by atoms with van der Waals surface area (Å²) in [6.07, 6.45) is 2.94. The summed E-state index contributed by atoms with van der Waals surface area (Å²) in [5.74, 6) is -4.37. The lowest BCUT2D eigenvalue weighted by Crippen LogP contribution is -2.63. The first-order valence-corrected chi connectivity index (χ1v) is 25.9. The van der Waals surface area contributed by atoms with E-state index in [2.05, 4.69) is 33.3 Å². The number of carboxylic acids is 1. The normalized spacial score (nSPS) is 19.2. The van der Waals surface area contributed by atoms with E-state index < -0.39 is 72.0 Å². The third-order valence-electron chi connectivity index (χ3n) is 13.9. The number of carbonyl (C=O) groups excluding carboxylic acids is 6. The highest BCUT2D eigenvalue weighted by Crippen LogP contribution is 2.32. The Bertz CT molecular complexity index is 2270. The number of nitrogens with two attached hydrogens (primary N) is 1. The predicted molar refractivity (Wildman–Crippen MR) is 275 cm³/mol. The quantitative estimate of drug-likeness (QED) is 0.0411. The molecule has 1 unspecified atom stereocenters. The Morgan fingerprint density at radius 2 is 1.54 bits per heavy atom. The van der Waals surface area contributed by atoms with Crippen molar-refractivity contribution in [1.82, 2.24) is 25.8 Å². The monoisotopic (exact) mass is 1000 g/mol. The molecule has 2 heterocycles. The molecule has 18 heteroatoms. The number of thiazole rings is 1. The number of hydrogen-bond donors (Lipinski definition) is 6. The average Bonchev–Trinajstić information content (AvgIpc) is 3.82. The van der Waals surface area contributed by atoms with Gasteiger partial charge in [-0.15, -0.1) is 11.3 Å². The van der Waals surface area contributed by atoms with Gasteiger partial charge in [0, 0.05) is 55.5 Å². The summed E-state index contributed by atoms with van der Waals surface area (Å²) in [6.45, 7) is 17.3. The summed E-state index contributed by atoms with van der Waals surface area (Å²) in [5.41, 5.74) is 8.52. The Balaban J connectivity index is 1.48. The first-order valence-electron chi connectivity index (χ1n) is 25.0. The molecule has 0 saturated carbocycles. The third-order valence-corrected chi connectivity index (χ3v) is 14.8. The van der Waals surface area contributed by atoms with E-state index in [4.69, 9.17) is 10.5 Å². The first-order chi connectivity index (χ1) is 33.4. The zero-order valence-electron chi connectivity index (χ0n) is 43.5. The van der Waals surface area contributed by atoms with Crippen LogP contribution in [0.2, 0.25) is 0 Å². The standard InChI is InChI=1S/C53H78N8O9S/c1-12-33(6)46(59-49(65)43-20-16-17-25-61(43,11)29-38-21-23-39(24-22-38)56-47(63)35(8)55-50(66)45(54)32(4)5)52(67)60(10)42(31(2)3)28-44(70-36(9)62)51-58-41(30-71-51)48(64)57-40(26-34(7)53(68)69)27-37-18-14-13-15-19-37/h13-15,18-19,21-24,30-35,40,42-46H,12,16-17,20,25-29,54H2,1-11H3,(H4-,55,56,57,59,63,64,65,66,68,69)/p+1/t33-,34-,35-,40+,42+,43+,44+,45-,46-,61?/m0/s1. The lowest BCUT2D eigenvalue weighted by atomic mass is 9.92. The number of piperidine rings is 1. The molecule has 390 valence electrons. The molecule has 1 fully saturated rings. The highest BCUT2D eigenvalue weighted by atomic mass is 32.1. The second kappa shape index (κ2) is 26.6. The number of carbonyl (C=O) groups is 7. The Hall–Kier alpha value is -5.72. The van der Waals surface area contributed by atoms with Crippen molar-refractivity contribution in [1.29, 1.82) is 0 Å². The van der Waals surface area contributed by atoms with E-state index in [-0.39, 0.29) is 54.0 Å². The van der Waals surface area contributed by atoms with Gasteiger partial charge in [-0.25, -0.2) is 4.98 Å². The van der Waals surface area contributed by atoms with Gasteiger partial charge in [0.2, 0.25) is 17.7 Å². The van der Waals surface area contributed by atoms with Crippen LogP contribution in [0, 0.1) is 23.7 Å². The van der Waals surface area contributed by atoms with Gasteiger partial charge < -0.3 is 46.2 Å². The van der Waals surface area contributed by atoms with E-state index in [9.17, 15) is 38.7 Å². The molecule has 1 saturated heterocycles. The zero-order valence-corrected chi connectivity index (χ0v) is 44.3. The Kier molecular flexibility index (Phi) is 21.7. The van der Waals surface area contributed by atoms with Gasteiger partial charge in [0.1, 0.15) is 29.3 Å². The molecule has 1 aliphatic heterocycles. The lowest BCUT2D eigenvalue weighted by Gasteiger charge is -2.44. The van der Waals surface area contributed by atoms with Crippen molar-refractivity contribution in [2.75, 3.05) is 26.0 Å². The van der Waals surface area contributed by atoms with Crippen molar-refractivity contribution in [2.24, 2.45) is 29.4 Å². The van der Waals surface area contributed by atoms with Gasteiger partial charge in [-0.05, 0) is 68.1 Å². The number of anilines is 1. The molecule has 0 radical (unpaired) electrons. The Morgan fingerprint density at radius 1 is 0.873 bits per heavy atom. The van der Waals surface area contributed by atoms with Gasteiger partial charge in [-0.3, -0.25) is 33.6 Å². The smallest absolute Gasteiger partial charge is 0.306 e. The van der Waals surface area contributed by atoms with Crippen LogP contribution in [0.3, 0.4) is 0 Å². The van der Waals surface area contributed by atoms with Crippen LogP contribution in [0.4, 0.5) is 5.69 Å². The number of quaternary nitrogens is 1.